The fraction of sp³-hybridized carbons (Fsp3) is 0.833. The maximum atomic E-state index is 11.6. The van der Waals surface area contributed by atoms with Crippen LogP contribution in [0.15, 0.2) is 11.6 Å². The first kappa shape index (κ1) is 9.88. The van der Waals surface area contributed by atoms with Crippen molar-refractivity contribution in [3.63, 3.8) is 0 Å². The van der Waals surface area contributed by atoms with E-state index in [0.29, 0.717) is 29.3 Å². The fourth-order valence-electron chi connectivity index (χ4n) is 3.74. The molecular formula is C12H18O2S. The molecule has 0 aromatic rings. The lowest BCUT2D eigenvalue weighted by Crippen LogP contribution is -2.29. The molecule has 3 atom stereocenters. The molecule has 1 saturated carbocycles. The van der Waals surface area contributed by atoms with Crippen LogP contribution in [0.1, 0.15) is 32.1 Å². The Balaban J connectivity index is 1.90. The van der Waals surface area contributed by atoms with Gasteiger partial charge in [-0.25, -0.2) is 8.42 Å². The summed E-state index contributed by atoms with van der Waals surface area (Å²) in [7, 11) is -2.71. The monoisotopic (exact) mass is 226 g/mol. The topological polar surface area (TPSA) is 34.1 Å². The summed E-state index contributed by atoms with van der Waals surface area (Å²) in [5.74, 6) is 2.46. The molecule has 15 heavy (non-hydrogen) atoms. The van der Waals surface area contributed by atoms with E-state index in [1.165, 1.54) is 25.7 Å². The second-order valence-corrected chi connectivity index (χ2v) is 7.52. The molecule has 3 heteroatoms. The van der Waals surface area contributed by atoms with Crippen molar-refractivity contribution in [1.29, 1.82) is 0 Å². The van der Waals surface area contributed by atoms with Crippen molar-refractivity contribution in [2.75, 3.05) is 11.5 Å². The molecule has 2 aliphatic carbocycles. The van der Waals surface area contributed by atoms with Gasteiger partial charge in [0.2, 0.25) is 0 Å². The van der Waals surface area contributed by atoms with Crippen LogP contribution in [0.2, 0.25) is 0 Å². The van der Waals surface area contributed by atoms with Crippen LogP contribution in [-0.2, 0) is 9.84 Å². The second-order valence-electron chi connectivity index (χ2n) is 5.37. The van der Waals surface area contributed by atoms with Gasteiger partial charge in [-0.3, -0.25) is 0 Å². The summed E-state index contributed by atoms with van der Waals surface area (Å²) >= 11 is 0. The van der Waals surface area contributed by atoms with E-state index in [4.69, 9.17) is 0 Å². The van der Waals surface area contributed by atoms with E-state index < -0.39 is 9.84 Å². The smallest absolute Gasteiger partial charge is 0.150 e. The third-order valence-corrected chi connectivity index (χ3v) is 6.26. The maximum Gasteiger partial charge on any atom is 0.150 e. The van der Waals surface area contributed by atoms with Crippen LogP contribution in [0.4, 0.5) is 0 Å². The molecule has 0 aromatic heterocycles. The number of sulfone groups is 1. The Bertz CT molecular complexity index is 394. The van der Waals surface area contributed by atoms with Gasteiger partial charge in [0, 0.05) is 0 Å². The maximum absolute atomic E-state index is 11.6. The van der Waals surface area contributed by atoms with Gasteiger partial charge in [-0.15, -0.1) is 0 Å². The third kappa shape index (κ3) is 1.65. The molecular weight excluding hydrogens is 208 g/mol. The highest BCUT2D eigenvalue weighted by Gasteiger charge is 2.44. The SMILES string of the molecule is O=S1(=O)C[C@H]2CC=C3CCCC[C@H]3[C@@H]2C1. The quantitative estimate of drug-likeness (QED) is 0.593. The first-order valence-corrected chi connectivity index (χ1v) is 7.87. The predicted octanol–water partition coefficient (Wildman–Crippen LogP) is 2.17. The van der Waals surface area contributed by atoms with E-state index in [-0.39, 0.29) is 0 Å². The molecule has 3 aliphatic rings. The summed E-state index contributed by atoms with van der Waals surface area (Å²) in [5, 5.41) is 0. The molecule has 3 rings (SSSR count). The zero-order valence-electron chi connectivity index (χ0n) is 8.98. The van der Waals surface area contributed by atoms with Crippen molar-refractivity contribution < 1.29 is 8.42 Å². The summed E-state index contributed by atoms with van der Waals surface area (Å²) in [6.45, 7) is 0. The zero-order chi connectivity index (χ0) is 10.5. The highest BCUT2D eigenvalue weighted by atomic mass is 32.2. The van der Waals surface area contributed by atoms with Crippen LogP contribution in [0.3, 0.4) is 0 Å². The van der Waals surface area contributed by atoms with Crippen molar-refractivity contribution in [3.8, 4) is 0 Å². The second kappa shape index (κ2) is 3.34. The molecule has 2 nitrogen and oxygen atoms in total. The van der Waals surface area contributed by atoms with Crippen LogP contribution in [0.5, 0.6) is 0 Å². The van der Waals surface area contributed by atoms with E-state index in [9.17, 15) is 8.42 Å². The van der Waals surface area contributed by atoms with Crippen molar-refractivity contribution in [2.24, 2.45) is 17.8 Å². The third-order valence-electron chi connectivity index (χ3n) is 4.43. The van der Waals surface area contributed by atoms with Gasteiger partial charge in [-0.1, -0.05) is 18.1 Å². The van der Waals surface area contributed by atoms with E-state index in [1.807, 2.05) is 0 Å². The Hall–Kier alpha value is -0.310. The molecule has 0 radical (unpaired) electrons. The average Bonchev–Trinajstić information content (AvgIpc) is 2.52. The molecule has 0 aromatic carbocycles. The highest BCUT2D eigenvalue weighted by molar-refractivity contribution is 7.91. The predicted molar refractivity (Wildman–Crippen MR) is 60.3 cm³/mol. The first-order valence-electron chi connectivity index (χ1n) is 6.05. The Morgan fingerprint density at radius 2 is 2.07 bits per heavy atom. The standard InChI is InChI=1S/C12H18O2S/c13-15(14)7-10-6-5-9-3-1-2-4-11(9)12(10)8-15/h5,10-12H,1-4,6-8H2/t10-,11-,12-/m1/s1. The van der Waals surface area contributed by atoms with Gasteiger partial charge in [-0.2, -0.15) is 0 Å². The van der Waals surface area contributed by atoms with Gasteiger partial charge in [0.15, 0.2) is 9.84 Å². The van der Waals surface area contributed by atoms with Gasteiger partial charge in [0.25, 0.3) is 0 Å². The number of hydrogen-bond donors (Lipinski definition) is 0. The van der Waals surface area contributed by atoms with Crippen molar-refractivity contribution in [3.05, 3.63) is 11.6 Å². The van der Waals surface area contributed by atoms with Crippen LogP contribution in [0.25, 0.3) is 0 Å². The van der Waals surface area contributed by atoms with Crippen molar-refractivity contribution >= 4 is 9.84 Å². The molecule has 0 N–H and O–H groups in total. The Kier molecular flexibility index (Phi) is 2.20. The molecule has 1 heterocycles. The summed E-state index contributed by atoms with van der Waals surface area (Å²) in [5.41, 5.74) is 1.58. The van der Waals surface area contributed by atoms with Gasteiger partial charge in [0.1, 0.15) is 0 Å². The van der Waals surface area contributed by atoms with Crippen LogP contribution >= 0.6 is 0 Å². The van der Waals surface area contributed by atoms with Crippen molar-refractivity contribution in [2.45, 2.75) is 32.1 Å². The molecule has 0 unspecified atom stereocenters. The van der Waals surface area contributed by atoms with Gasteiger partial charge >= 0.3 is 0 Å². The number of hydrogen-bond acceptors (Lipinski definition) is 2. The van der Waals surface area contributed by atoms with E-state index in [2.05, 4.69) is 6.08 Å². The van der Waals surface area contributed by atoms with E-state index >= 15 is 0 Å². The average molecular weight is 226 g/mol. The van der Waals surface area contributed by atoms with Gasteiger partial charge in [0.05, 0.1) is 11.5 Å². The molecule has 84 valence electrons. The summed E-state index contributed by atoms with van der Waals surface area (Å²) in [6.07, 6.45) is 8.45. The van der Waals surface area contributed by atoms with Crippen LogP contribution in [-0.4, -0.2) is 19.9 Å². The van der Waals surface area contributed by atoms with E-state index in [0.717, 1.165) is 6.42 Å². The molecule has 2 fully saturated rings. The first-order chi connectivity index (χ1) is 7.16. The van der Waals surface area contributed by atoms with Gasteiger partial charge < -0.3 is 0 Å². The summed E-state index contributed by atoms with van der Waals surface area (Å²) in [4.78, 5) is 0. The molecule has 0 spiro atoms. The van der Waals surface area contributed by atoms with Crippen LogP contribution < -0.4 is 0 Å². The summed E-state index contributed by atoms with van der Waals surface area (Å²) < 4.78 is 23.3. The normalized spacial score (nSPS) is 42.9. The molecule has 0 bridgehead atoms. The lowest BCUT2D eigenvalue weighted by Gasteiger charge is -2.36. The Labute approximate surface area is 91.7 Å². The highest BCUT2D eigenvalue weighted by Crippen LogP contribution is 2.46. The number of rotatable bonds is 0. The number of fused-ring (bicyclic) bond motifs is 3. The minimum Gasteiger partial charge on any atom is -0.229 e. The molecule has 0 amide bonds. The largest absolute Gasteiger partial charge is 0.229 e. The summed E-state index contributed by atoms with van der Waals surface area (Å²) in [6, 6.07) is 0. The minimum atomic E-state index is -2.71. The lowest BCUT2D eigenvalue weighted by molar-refractivity contribution is 0.255. The van der Waals surface area contributed by atoms with Crippen LogP contribution in [0, 0.1) is 17.8 Å². The lowest BCUT2D eigenvalue weighted by atomic mass is 9.68. The molecule has 1 aliphatic heterocycles. The minimum absolute atomic E-state index is 0.446. The zero-order valence-corrected chi connectivity index (χ0v) is 9.80. The van der Waals surface area contributed by atoms with Gasteiger partial charge in [-0.05, 0) is 43.4 Å². The number of allylic oxidation sites excluding steroid dienone is 2. The Morgan fingerprint density at radius 3 is 2.93 bits per heavy atom. The molecule has 1 saturated heterocycles. The van der Waals surface area contributed by atoms with E-state index in [1.54, 1.807) is 5.57 Å². The Morgan fingerprint density at radius 1 is 1.20 bits per heavy atom. The fourth-order valence-corrected chi connectivity index (χ4v) is 6.01. The van der Waals surface area contributed by atoms with Crippen molar-refractivity contribution in [1.82, 2.24) is 0 Å².